The van der Waals surface area contributed by atoms with E-state index in [0.717, 1.165) is 24.4 Å². The molecule has 1 aliphatic carbocycles. The minimum atomic E-state index is 0.401. The van der Waals surface area contributed by atoms with E-state index >= 15 is 0 Å². The Balaban J connectivity index is 2.38. The van der Waals surface area contributed by atoms with E-state index in [0.29, 0.717) is 6.79 Å². The van der Waals surface area contributed by atoms with Crippen LogP contribution in [0.5, 0.6) is 0 Å². The van der Waals surface area contributed by atoms with Crippen molar-refractivity contribution in [1.82, 2.24) is 0 Å². The first-order chi connectivity index (χ1) is 4.88. The van der Waals surface area contributed by atoms with Crippen molar-refractivity contribution in [3.05, 3.63) is 23.2 Å². The van der Waals surface area contributed by atoms with Gasteiger partial charge in [-0.3, -0.25) is 0 Å². The highest BCUT2D eigenvalue weighted by Gasteiger charge is 2.21. The Hall–Kier alpha value is -0.920. The third kappa shape index (κ3) is 0.719. The normalized spacial score (nSPS) is 23.1. The van der Waals surface area contributed by atoms with Crippen LogP contribution < -0.4 is 0 Å². The zero-order valence-electron chi connectivity index (χ0n) is 6.02. The first-order valence-corrected chi connectivity index (χ1v) is 3.54. The molecule has 0 unspecified atom stereocenters. The molecule has 0 saturated carbocycles. The second-order valence-electron chi connectivity index (χ2n) is 2.62. The molecule has 10 heavy (non-hydrogen) atoms. The lowest BCUT2D eigenvalue weighted by Crippen LogP contribution is -1.94. The van der Waals surface area contributed by atoms with E-state index in [1.165, 1.54) is 5.57 Å². The van der Waals surface area contributed by atoms with Crippen molar-refractivity contribution >= 4 is 0 Å². The van der Waals surface area contributed by atoms with E-state index in [4.69, 9.17) is 9.47 Å². The molecule has 0 aromatic heterocycles. The van der Waals surface area contributed by atoms with E-state index in [2.05, 4.69) is 13.0 Å². The molecule has 0 aromatic rings. The fourth-order valence-corrected chi connectivity index (χ4v) is 1.31. The van der Waals surface area contributed by atoms with Crippen LogP contribution in [-0.2, 0) is 9.47 Å². The molecule has 2 heteroatoms. The van der Waals surface area contributed by atoms with Gasteiger partial charge in [-0.05, 0) is 31.4 Å². The van der Waals surface area contributed by atoms with E-state index in [9.17, 15) is 0 Å². The van der Waals surface area contributed by atoms with Gasteiger partial charge in [0.15, 0.2) is 11.5 Å². The standard InChI is InChI=1S/C8H10O2/c1-6-3-2-4-7-8(6)10-5-9-7/h4H,2-3,5H2,1H3. The van der Waals surface area contributed by atoms with Crippen LogP contribution in [0.25, 0.3) is 0 Å². The molecule has 1 saturated heterocycles. The van der Waals surface area contributed by atoms with Crippen molar-refractivity contribution in [1.29, 1.82) is 0 Å². The van der Waals surface area contributed by atoms with Crippen LogP contribution in [-0.4, -0.2) is 6.79 Å². The highest BCUT2D eigenvalue weighted by molar-refractivity contribution is 5.30. The second-order valence-corrected chi connectivity index (χ2v) is 2.62. The fourth-order valence-electron chi connectivity index (χ4n) is 1.31. The van der Waals surface area contributed by atoms with Crippen LogP contribution in [0, 0.1) is 0 Å². The lowest BCUT2D eigenvalue weighted by molar-refractivity contribution is 0.0972. The van der Waals surface area contributed by atoms with Gasteiger partial charge >= 0.3 is 0 Å². The third-order valence-corrected chi connectivity index (χ3v) is 1.88. The zero-order chi connectivity index (χ0) is 6.97. The van der Waals surface area contributed by atoms with Crippen molar-refractivity contribution in [3.8, 4) is 0 Å². The minimum Gasteiger partial charge on any atom is -0.454 e. The number of ether oxygens (including phenoxy) is 2. The maximum Gasteiger partial charge on any atom is 0.231 e. The first-order valence-electron chi connectivity index (χ1n) is 3.54. The van der Waals surface area contributed by atoms with Crippen LogP contribution in [0.15, 0.2) is 23.2 Å². The Morgan fingerprint density at radius 1 is 1.40 bits per heavy atom. The molecule has 2 nitrogen and oxygen atoms in total. The SMILES string of the molecule is CC1=C2OCOC2=CCC1. The summed E-state index contributed by atoms with van der Waals surface area (Å²) in [4.78, 5) is 0. The summed E-state index contributed by atoms with van der Waals surface area (Å²) >= 11 is 0. The van der Waals surface area contributed by atoms with Crippen LogP contribution in [0.3, 0.4) is 0 Å². The Bertz CT molecular complexity index is 208. The molecule has 2 rings (SSSR count). The number of hydrogen-bond acceptors (Lipinski definition) is 2. The molecule has 2 aliphatic rings. The van der Waals surface area contributed by atoms with E-state index < -0.39 is 0 Å². The molecule has 1 heterocycles. The van der Waals surface area contributed by atoms with Gasteiger partial charge in [-0.25, -0.2) is 0 Å². The molecule has 0 atom stereocenters. The van der Waals surface area contributed by atoms with Gasteiger partial charge in [-0.1, -0.05) is 0 Å². The molecule has 0 radical (unpaired) electrons. The van der Waals surface area contributed by atoms with Gasteiger partial charge in [0, 0.05) is 0 Å². The summed E-state index contributed by atoms with van der Waals surface area (Å²) in [5.74, 6) is 1.93. The first kappa shape index (κ1) is 5.83. The van der Waals surface area contributed by atoms with Crippen LogP contribution >= 0.6 is 0 Å². The molecular weight excluding hydrogens is 128 g/mol. The maximum absolute atomic E-state index is 5.26. The highest BCUT2D eigenvalue weighted by atomic mass is 16.7. The summed E-state index contributed by atoms with van der Waals surface area (Å²) in [5, 5.41) is 0. The molecule has 1 fully saturated rings. The Labute approximate surface area is 60.1 Å². The predicted octanol–water partition coefficient (Wildman–Crippen LogP) is 1.94. The summed E-state index contributed by atoms with van der Waals surface area (Å²) in [5.41, 5.74) is 1.31. The number of allylic oxidation sites excluding steroid dienone is 2. The van der Waals surface area contributed by atoms with Crippen molar-refractivity contribution in [3.63, 3.8) is 0 Å². The maximum atomic E-state index is 5.26. The largest absolute Gasteiger partial charge is 0.454 e. The smallest absolute Gasteiger partial charge is 0.231 e. The van der Waals surface area contributed by atoms with E-state index in [-0.39, 0.29) is 0 Å². The Morgan fingerprint density at radius 2 is 2.30 bits per heavy atom. The molecule has 54 valence electrons. The Kier molecular flexibility index (Phi) is 1.19. The van der Waals surface area contributed by atoms with Gasteiger partial charge in [0.2, 0.25) is 6.79 Å². The molecule has 0 spiro atoms. The third-order valence-electron chi connectivity index (χ3n) is 1.88. The molecular formula is C8H10O2. The number of fused-ring (bicyclic) bond motifs is 1. The van der Waals surface area contributed by atoms with Crippen molar-refractivity contribution in [2.45, 2.75) is 19.8 Å². The second kappa shape index (κ2) is 2.04. The molecule has 0 N–H and O–H groups in total. The van der Waals surface area contributed by atoms with Gasteiger partial charge in [-0.2, -0.15) is 0 Å². The molecule has 0 amide bonds. The summed E-state index contributed by atoms with van der Waals surface area (Å²) in [6.07, 6.45) is 4.30. The minimum absolute atomic E-state index is 0.401. The predicted molar refractivity (Wildman–Crippen MR) is 37.1 cm³/mol. The van der Waals surface area contributed by atoms with Crippen molar-refractivity contribution in [2.24, 2.45) is 0 Å². The van der Waals surface area contributed by atoms with Gasteiger partial charge in [0.25, 0.3) is 0 Å². The molecule has 1 aliphatic heterocycles. The summed E-state index contributed by atoms with van der Waals surface area (Å²) in [6.45, 7) is 2.50. The van der Waals surface area contributed by atoms with Crippen LogP contribution in [0.2, 0.25) is 0 Å². The van der Waals surface area contributed by atoms with Gasteiger partial charge in [-0.15, -0.1) is 0 Å². The van der Waals surface area contributed by atoms with Crippen LogP contribution in [0.1, 0.15) is 19.8 Å². The average Bonchev–Trinajstić information content (AvgIpc) is 2.36. The number of hydrogen-bond donors (Lipinski definition) is 0. The molecule has 0 aromatic carbocycles. The monoisotopic (exact) mass is 138 g/mol. The van der Waals surface area contributed by atoms with E-state index in [1.54, 1.807) is 0 Å². The zero-order valence-corrected chi connectivity index (χ0v) is 6.02. The summed E-state index contributed by atoms with van der Waals surface area (Å²) in [6, 6.07) is 0. The summed E-state index contributed by atoms with van der Waals surface area (Å²) < 4.78 is 10.5. The van der Waals surface area contributed by atoms with E-state index in [1.807, 2.05) is 0 Å². The summed E-state index contributed by atoms with van der Waals surface area (Å²) in [7, 11) is 0. The highest BCUT2D eigenvalue weighted by Crippen LogP contribution is 2.30. The van der Waals surface area contributed by atoms with Gasteiger partial charge < -0.3 is 9.47 Å². The topological polar surface area (TPSA) is 18.5 Å². The van der Waals surface area contributed by atoms with Gasteiger partial charge in [0.1, 0.15) is 0 Å². The van der Waals surface area contributed by atoms with Crippen molar-refractivity contribution in [2.75, 3.05) is 6.79 Å². The fraction of sp³-hybridized carbons (Fsp3) is 0.500. The number of rotatable bonds is 0. The quantitative estimate of drug-likeness (QED) is 0.509. The lowest BCUT2D eigenvalue weighted by Gasteiger charge is -2.08. The lowest BCUT2D eigenvalue weighted by atomic mass is 10.0. The van der Waals surface area contributed by atoms with Gasteiger partial charge in [0.05, 0.1) is 0 Å². The van der Waals surface area contributed by atoms with Crippen molar-refractivity contribution < 1.29 is 9.47 Å². The molecule has 0 bridgehead atoms. The average molecular weight is 138 g/mol. The van der Waals surface area contributed by atoms with Crippen LogP contribution in [0.4, 0.5) is 0 Å². The Morgan fingerprint density at radius 3 is 3.10 bits per heavy atom.